The largest absolute Gasteiger partial charge is 0.270 e. The molecule has 0 fully saturated rings. The van der Waals surface area contributed by atoms with E-state index >= 15 is 0 Å². The Morgan fingerprint density at radius 3 is 2.77 bits per heavy atom. The first-order chi connectivity index (χ1) is 6.24. The van der Waals surface area contributed by atoms with Crippen LogP contribution in [-0.4, -0.2) is 9.78 Å². The Hall–Kier alpha value is -1.30. The van der Waals surface area contributed by atoms with Gasteiger partial charge >= 0.3 is 0 Å². The van der Waals surface area contributed by atoms with Gasteiger partial charge in [0.25, 0.3) is 0 Å². The lowest BCUT2D eigenvalue weighted by Gasteiger charge is -2.01. The monoisotopic (exact) mass is 177 g/mol. The number of aromatic nitrogens is 2. The van der Waals surface area contributed by atoms with Gasteiger partial charge in [-0.05, 0) is 32.8 Å². The number of rotatable bonds is 4. The molecule has 0 bridgehead atoms. The highest BCUT2D eigenvalue weighted by Crippen LogP contribution is 2.04. The van der Waals surface area contributed by atoms with Gasteiger partial charge < -0.3 is 0 Å². The highest BCUT2D eigenvalue weighted by molar-refractivity contribution is 5.06. The molecule has 0 saturated heterocycles. The zero-order valence-electron chi connectivity index (χ0n) is 8.25. The highest BCUT2D eigenvalue weighted by atomic mass is 15.3. The first kappa shape index (κ1) is 9.79. The van der Waals surface area contributed by atoms with E-state index in [0.717, 1.165) is 25.1 Å². The maximum Gasteiger partial charge on any atom is 0.0621 e. The molecule has 13 heavy (non-hydrogen) atoms. The van der Waals surface area contributed by atoms with Crippen molar-refractivity contribution in [2.24, 2.45) is 0 Å². The Balaban J connectivity index is 2.37. The van der Waals surface area contributed by atoms with Crippen LogP contribution in [0.1, 0.15) is 30.7 Å². The number of hydrogen-bond donors (Lipinski definition) is 0. The fourth-order valence-electron chi connectivity index (χ4n) is 1.37. The number of unbranched alkanes of at least 4 members (excludes halogenated alkanes) is 2. The van der Waals surface area contributed by atoms with Crippen LogP contribution in [0.2, 0.25) is 0 Å². The molecule has 0 aliphatic carbocycles. The van der Waals surface area contributed by atoms with Gasteiger partial charge in [-0.25, -0.2) is 0 Å². The third-order valence-electron chi connectivity index (χ3n) is 2.01. The van der Waals surface area contributed by atoms with E-state index in [2.05, 4.69) is 24.2 Å². The van der Waals surface area contributed by atoms with E-state index in [-0.39, 0.29) is 0 Å². The minimum Gasteiger partial charge on any atom is -0.270 e. The molecule has 0 radical (unpaired) electrons. The summed E-state index contributed by atoms with van der Waals surface area (Å²) in [5.41, 5.74) is 2.27. The summed E-state index contributed by atoms with van der Waals surface area (Å²) < 4.78 is 2.01. The SMILES string of the molecule is Cc1cc(C)n(CCCCC#N)n1. The van der Waals surface area contributed by atoms with E-state index in [1.165, 1.54) is 5.69 Å². The van der Waals surface area contributed by atoms with Crippen LogP contribution >= 0.6 is 0 Å². The summed E-state index contributed by atoms with van der Waals surface area (Å²) >= 11 is 0. The molecule has 0 aromatic carbocycles. The average Bonchev–Trinajstić information content (AvgIpc) is 2.39. The summed E-state index contributed by atoms with van der Waals surface area (Å²) in [6, 6.07) is 4.22. The van der Waals surface area contributed by atoms with Crippen LogP contribution in [0.3, 0.4) is 0 Å². The van der Waals surface area contributed by atoms with E-state index in [1.54, 1.807) is 0 Å². The van der Waals surface area contributed by atoms with Crippen molar-refractivity contribution in [2.45, 2.75) is 39.7 Å². The van der Waals surface area contributed by atoms with E-state index in [1.807, 2.05) is 11.6 Å². The summed E-state index contributed by atoms with van der Waals surface area (Å²) in [7, 11) is 0. The molecule has 3 nitrogen and oxygen atoms in total. The van der Waals surface area contributed by atoms with E-state index in [9.17, 15) is 0 Å². The van der Waals surface area contributed by atoms with Crippen LogP contribution in [0.4, 0.5) is 0 Å². The molecule has 1 rings (SSSR count). The van der Waals surface area contributed by atoms with Crippen LogP contribution < -0.4 is 0 Å². The first-order valence-electron chi connectivity index (χ1n) is 4.62. The van der Waals surface area contributed by atoms with Crippen molar-refractivity contribution in [3.63, 3.8) is 0 Å². The Labute approximate surface area is 79.0 Å². The summed E-state index contributed by atoms with van der Waals surface area (Å²) in [4.78, 5) is 0. The molecule has 0 amide bonds. The zero-order valence-corrected chi connectivity index (χ0v) is 8.25. The molecule has 0 N–H and O–H groups in total. The Kier molecular flexibility index (Phi) is 3.51. The van der Waals surface area contributed by atoms with Gasteiger partial charge in [-0.1, -0.05) is 0 Å². The van der Waals surface area contributed by atoms with Crippen molar-refractivity contribution in [1.82, 2.24) is 9.78 Å². The van der Waals surface area contributed by atoms with Crippen LogP contribution in [-0.2, 0) is 6.54 Å². The number of nitrogens with zero attached hydrogens (tertiary/aromatic N) is 3. The molecule has 3 heteroatoms. The quantitative estimate of drug-likeness (QED) is 0.661. The van der Waals surface area contributed by atoms with Crippen LogP contribution in [0.25, 0.3) is 0 Å². The predicted molar refractivity (Wildman–Crippen MR) is 51.2 cm³/mol. The maximum atomic E-state index is 8.35. The molecule has 0 aliphatic heterocycles. The van der Waals surface area contributed by atoms with E-state index in [4.69, 9.17) is 5.26 Å². The number of nitriles is 1. The molecule has 0 atom stereocenters. The van der Waals surface area contributed by atoms with Gasteiger partial charge in [-0.15, -0.1) is 0 Å². The number of hydrogen-bond acceptors (Lipinski definition) is 2. The van der Waals surface area contributed by atoms with Crippen molar-refractivity contribution in [1.29, 1.82) is 5.26 Å². The Morgan fingerprint density at radius 1 is 1.46 bits per heavy atom. The Bertz CT molecular complexity index is 306. The summed E-state index contributed by atoms with van der Waals surface area (Å²) in [5, 5.41) is 12.7. The topological polar surface area (TPSA) is 41.6 Å². The summed E-state index contributed by atoms with van der Waals surface area (Å²) in [6.45, 7) is 4.99. The lowest BCUT2D eigenvalue weighted by atomic mass is 10.2. The van der Waals surface area contributed by atoms with E-state index in [0.29, 0.717) is 6.42 Å². The van der Waals surface area contributed by atoms with Gasteiger partial charge in [0, 0.05) is 18.7 Å². The van der Waals surface area contributed by atoms with Gasteiger partial charge in [0.05, 0.1) is 11.8 Å². The predicted octanol–water partition coefficient (Wildman–Crippen LogP) is 2.19. The normalized spacial score (nSPS) is 9.92. The fraction of sp³-hybridized carbons (Fsp3) is 0.600. The summed E-state index contributed by atoms with van der Waals surface area (Å²) in [6.07, 6.45) is 2.66. The van der Waals surface area contributed by atoms with Crippen molar-refractivity contribution < 1.29 is 0 Å². The van der Waals surface area contributed by atoms with Crippen LogP contribution in [0, 0.1) is 25.2 Å². The maximum absolute atomic E-state index is 8.35. The standard InChI is InChI=1S/C10H15N3/c1-9-8-10(2)13(12-9)7-5-3-4-6-11/h8H,3-5,7H2,1-2H3. The highest BCUT2D eigenvalue weighted by Gasteiger charge is 1.99. The molecular formula is C10H15N3. The molecule has 0 aliphatic rings. The van der Waals surface area contributed by atoms with Crippen molar-refractivity contribution in [2.75, 3.05) is 0 Å². The molecule has 1 aromatic rings. The van der Waals surface area contributed by atoms with Crippen LogP contribution in [0.15, 0.2) is 6.07 Å². The van der Waals surface area contributed by atoms with E-state index < -0.39 is 0 Å². The molecule has 0 unspecified atom stereocenters. The minimum absolute atomic E-state index is 0.652. The molecule has 1 heterocycles. The third kappa shape index (κ3) is 2.90. The van der Waals surface area contributed by atoms with Gasteiger partial charge in [-0.2, -0.15) is 10.4 Å². The second-order valence-corrected chi connectivity index (χ2v) is 3.27. The first-order valence-corrected chi connectivity index (χ1v) is 4.62. The number of aryl methyl sites for hydroxylation is 3. The van der Waals surface area contributed by atoms with Crippen LogP contribution in [0.5, 0.6) is 0 Å². The second-order valence-electron chi connectivity index (χ2n) is 3.27. The van der Waals surface area contributed by atoms with Crippen molar-refractivity contribution >= 4 is 0 Å². The molecule has 0 saturated carbocycles. The third-order valence-corrected chi connectivity index (χ3v) is 2.01. The van der Waals surface area contributed by atoms with Crippen molar-refractivity contribution in [3.8, 4) is 6.07 Å². The van der Waals surface area contributed by atoms with Gasteiger partial charge in [0.1, 0.15) is 0 Å². The summed E-state index contributed by atoms with van der Waals surface area (Å²) in [5.74, 6) is 0. The van der Waals surface area contributed by atoms with Gasteiger partial charge in [-0.3, -0.25) is 4.68 Å². The smallest absolute Gasteiger partial charge is 0.0621 e. The average molecular weight is 177 g/mol. The molecule has 1 aromatic heterocycles. The Morgan fingerprint density at radius 2 is 2.23 bits per heavy atom. The zero-order chi connectivity index (χ0) is 9.68. The minimum atomic E-state index is 0.652. The molecule has 70 valence electrons. The molecule has 0 spiro atoms. The lowest BCUT2D eigenvalue weighted by Crippen LogP contribution is -2.02. The molecular weight excluding hydrogens is 162 g/mol. The fourth-order valence-corrected chi connectivity index (χ4v) is 1.37. The van der Waals surface area contributed by atoms with Gasteiger partial charge in [0.15, 0.2) is 0 Å². The lowest BCUT2D eigenvalue weighted by molar-refractivity contribution is 0.547. The van der Waals surface area contributed by atoms with Gasteiger partial charge in [0.2, 0.25) is 0 Å². The second kappa shape index (κ2) is 4.66. The van der Waals surface area contributed by atoms with Crippen molar-refractivity contribution in [3.05, 3.63) is 17.5 Å².